The number of nitrogens with one attached hydrogen (secondary N) is 4. The summed E-state index contributed by atoms with van der Waals surface area (Å²) in [6.07, 6.45) is -5.05. The second-order valence-corrected chi connectivity index (χ2v) is 9.12. The Kier molecular flexibility index (Phi) is 8.04. The van der Waals surface area contributed by atoms with Crippen LogP contribution in [-0.2, 0) is 19.6 Å². The van der Waals surface area contributed by atoms with Crippen molar-refractivity contribution in [1.29, 1.82) is 0 Å². The van der Waals surface area contributed by atoms with Gasteiger partial charge in [-0.05, 0) is 61.5 Å². The molecule has 3 rings (SSSR count). The van der Waals surface area contributed by atoms with E-state index in [0.717, 1.165) is 5.56 Å². The van der Waals surface area contributed by atoms with Crippen LogP contribution in [-0.4, -0.2) is 33.0 Å². The molecule has 4 N–H and O–H groups in total. The summed E-state index contributed by atoms with van der Waals surface area (Å²) in [5, 5.41) is 2.56. The smallest absolute Gasteiger partial charge is 0.472 e. The molecule has 0 heterocycles. The molecule has 2 amide bonds. The van der Waals surface area contributed by atoms with Gasteiger partial charge in [-0.3, -0.25) is 25.2 Å². The number of sulfonamides is 1. The fourth-order valence-corrected chi connectivity index (χ4v) is 3.86. The summed E-state index contributed by atoms with van der Waals surface area (Å²) in [5.74, 6) is -2.15. The van der Waals surface area contributed by atoms with Crippen molar-refractivity contribution in [3.05, 3.63) is 78.4 Å². The van der Waals surface area contributed by atoms with Gasteiger partial charge >= 0.3 is 12.1 Å². The summed E-state index contributed by atoms with van der Waals surface area (Å²) < 4.78 is 69.9. The highest BCUT2D eigenvalue weighted by atomic mass is 32.2. The van der Waals surface area contributed by atoms with Crippen LogP contribution in [0.3, 0.4) is 0 Å². The van der Waals surface area contributed by atoms with Crippen molar-refractivity contribution in [2.45, 2.75) is 18.0 Å². The first-order valence-corrected chi connectivity index (χ1v) is 11.8. The molecule has 13 heteroatoms. The Morgan fingerprint density at radius 2 is 1.53 bits per heavy atom. The molecule has 0 spiro atoms. The van der Waals surface area contributed by atoms with E-state index in [-0.39, 0.29) is 28.6 Å². The molecule has 36 heavy (non-hydrogen) atoms. The maximum Gasteiger partial charge on any atom is 0.472 e. The minimum absolute atomic E-state index is 0.0908. The Hall–Kier alpha value is -4.26. The predicted octanol–water partition coefficient (Wildman–Crippen LogP) is 3.82. The minimum atomic E-state index is -5.05. The Labute approximate surface area is 204 Å². The van der Waals surface area contributed by atoms with Gasteiger partial charge in [0, 0.05) is 11.4 Å². The molecule has 0 aliphatic carbocycles. The van der Waals surface area contributed by atoms with Crippen LogP contribution in [0.1, 0.15) is 5.56 Å². The quantitative estimate of drug-likeness (QED) is 0.317. The number of hydrogen-bond donors (Lipinski definition) is 4. The Balaban J connectivity index is 1.58. The van der Waals surface area contributed by atoms with Crippen molar-refractivity contribution in [3.63, 3.8) is 0 Å². The van der Waals surface area contributed by atoms with E-state index in [4.69, 9.17) is 4.74 Å². The fraction of sp³-hybridized carbons (Fsp3) is 0.130. The molecule has 0 radical (unpaired) electrons. The SMILES string of the molecule is Cc1ccc(OCC(=O)Nc2cccc(S(=O)(=O)Nc3ccc(NNC(=O)C(F)(F)F)cc3)c2)cc1. The molecule has 0 atom stereocenters. The van der Waals surface area contributed by atoms with Gasteiger partial charge in [0.05, 0.1) is 10.6 Å². The number of rotatable bonds is 9. The van der Waals surface area contributed by atoms with Crippen LogP contribution < -0.4 is 25.6 Å². The molecule has 0 aliphatic heterocycles. The number of hydrazine groups is 1. The van der Waals surface area contributed by atoms with Gasteiger partial charge < -0.3 is 10.1 Å². The average molecular weight is 523 g/mol. The summed E-state index contributed by atoms with van der Waals surface area (Å²) in [6.45, 7) is 1.64. The average Bonchev–Trinajstić information content (AvgIpc) is 2.82. The van der Waals surface area contributed by atoms with E-state index in [2.05, 4.69) is 15.5 Å². The molecule has 3 aromatic carbocycles. The topological polar surface area (TPSA) is 126 Å². The summed E-state index contributed by atoms with van der Waals surface area (Å²) in [5.41, 5.74) is 5.03. The third-order valence-corrected chi connectivity index (χ3v) is 5.91. The zero-order valence-electron chi connectivity index (χ0n) is 18.7. The van der Waals surface area contributed by atoms with E-state index < -0.39 is 28.0 Å². The maximum atomic E-state index is 12.7. The lowest BCUT2D eigenvalue weighted by molar-refractivity contribution is -0.173. The Morgan fingerprint density at radius 3 is 2.17 bits per heavy atom. The molecular weight excluding hydrogens is 501 g/mol. The number of ether oxygens (including phenoxy) is 1. The fourth-order valence-electron chi connectivity index (χ4n) is 2.76. The van der Waals surface area contributed by atoms with E-state index in [1.54, 1.807) is 12.1 Å². The standard InChI is InChI=1S/C23H21F3N4O5S/c1-15-5-11-19(12-6-15)35-14-21(31)27-18-3-2-4-20(13-18)36(33,34)30-17-9-7-16(8-10-17)28-29-22(32)23(24,25)26/h2-13,28,30H,14H2,1H3,(H,27,31)(H,29,32). The van der Waals surface area contributed by atoms with Gasteiger partial charge in [0.2, 0.25) is 0 Å². The van der Waals surface area contributed by atoms with Gasteiger partial charge in [-0.2, -0.15) is 13.2 Å². The number of amides is 2. The van der Waals surface area contributed by atoms with Crippen molar-refractivity contribution in [2.75, 3.05) is 22.1 Å². The van der Waals surface area contributed by atoms with Gasteiger partial charge in [0.25, 0.3) is 15.9 Å². The largest absolute Gasteiger partial charge is 0.484 e. The summed E-state index contributed by atoms with van der Waals surface area (Å²) in [4.78, 5) is 22.9. The van der Waals surface area contributed by atoms with Crippen LogP contribution in [0.5, 0.6) is 5.75 Å². The highest BCUT2D eigenvalue weighted by Gasteiger charge is 2.38. The normalized spacial score (nSPS) is 11.3. The van der Waals surface area contributed by atoms with E-state index in [1.807, 2.05) is 19.1 Å². The highest BCUT2D eigenvalue weighted by molar-refractivity contribution is 7.92. The first-order chi connectivity index (χ1) is 16.9. The Morgan fingerprint density at radius 1 is 0.889 bits per heavy atom. The molecular formula is C23H21F3N4O5S. The van der Waals surface area contributed by atoms with Gasteiger partial charge in [0.1, 0.15) is 5.75 Å². The molecule has 0 bridgehead atoms. The van der Waals surface area contributed by atoms with Crippen LogP contribution in [0, 0.1) is 6.92 Å². The first-order valence-electron chi connectivity index (χ1n) is 10.3. The Bertz CT molecular complexity index is 1330. The first kappa shape index (κ1) is 26.3. The molecule has 190 valence electrons. The van der Waals surface area contributed by atoms with E-state index in [0.29, 0.717) is 5.75 Å². The lowest BCUT2D eigenvalue weighted by atomic mass is 10.2. The predicted molar refractivity (Wildman–Crippen MR) is 127 cm³/mol. The van der Waals surface area contributed by atoms with Gasteiger partial charge in [-0.15, -0.1) is 0 Å². The molecule has 0 fully saturated rings. The van der Waals surface area contributed by atoms with Crippen LogP contribution in [0.2, 0.25) is 0 Å². The third-order valence-electron chi connectivity index (χ3n) is 4.53. The van der Waals surface area contributed by atoms with Crippen LogP contribution >= 0.6 is 0 Å². The van der Waals surface area contributed by atoms with Crippen LogP contribution in [0.4, 0.5) is 30.2 Å². The van der Waals surface area contributed by atoms with Gasteiger partial charge in [-0.25, -0.2) is 8.42 Å². The van der Waals surface area contributed by atoms with Crippen molar-refractivity contribution in [3.8, 4) is 5.75 Å². The van der Waals surface area contributed by atoms with Crippen molar-refractivity contribution in [2.24, 2.45) is 0 Å². The number of carbonyl (C=O) groups excluding carboxylic acids is 2. The molecule has 0 aliphatic rings. The lowest BCUT2D eigenvalue weighted by Gasteiger charge is -2.12. The zero-order valence-corrected chi connectivity index (χ0v) is 19.5. The minimum Gasteiger partial charge on any atom is -0.484 e. The monoisotopic (exact) mass is 522 g/mol. The molecule has 9 nitrogen and oxygen atoms in total. The van der Waals surface area contributed by atoms with Crippen LogP contribution in [0.25, 0.3) is 0 Å². The number of aryl methyl sites for hydroxylation is 1. The second-order valence-electron chi connectivity index (χ2n) is 7.44. The summed E-state index contributed by atoms with van der Waals surface area (Å²) >= 11 is 0. The molecule has 0 unspecified atom stereocenters. The second kappa shape index (κ2) is 11.0. The maximum absolute atomic E-state index is 12.7. The summed E-state index contributed by atoms with van der Waals surface area (Å²) in [7, 11) is -4.06. The molecule has 0 aromatic heterocycles. The van der Waals surface area contributed by atoms with E-state index in [1.165, 1.54) is 54.0 Å². The number of anilines is 3. The highest BCUT2D eigenvalue weighted by Crippen LogP contribution is 2.21. The van der Waals surface area contributed by atoms with Gasteiger partial charge in [0.15, 0.2) is 6.61 Å². The summed E-state index contributed by atoms with van der Waals surface area (Å²) in [6, 6.07) is 17.8. The molecule has 0 saturated carbocycles. The number of carbonyl (C=O) groups is 2. The van der Waals surface area contributed by atoms with Crippen molar-refractivity contribution >= 4 is 38.9 Å². The molecule has 3 aromatic rings. The number of halogens is 3. The van der Waals surface area contributed by atoms with Gasteiger partial charge in [-0.1, -0.05) is 23.8 Å². The van der Waals surface area contributed by atoms with Crippen molar-refractivity contribution < 1.29 is 35.9 Å². The van der Waals surface area contributed by atoms with E-state index >= 15 is 0 Å². The zero-order chi connectivity index (χ0) is 26.3. The number of benzene rings is 3. The molecule has 0 saturated heterocycles. The third kappa shape index (κ3) is 7.63. The van der Waals surface area contributed by atoms with E-state index in [9.17, 15) is 31.2 Å². The lowest BCUT2D eigenvalue weighted by Crippen LogP contribution is -2.40. The number of alkyl halides is 3. The van der Waals surface area contributed by atoms with Crippen molar-refractivity contribution in [1.82, 2.24) is 5.43 Å². The number of hydrogen-bond acceptors (Lipinski definition) is 6. The van der Waals surface area contributed by atoms with Crippen LogP contribution in [0.15, 0.2) is 77.7 Å².